The molecule has 2 aromatic rings. The Hall–Kier alpha value is -1.93. The monoisotopic (exact) mass is 446 g/mol. The average Bonchev–Trinajstić information content (AvgIpc) is 3.25. The summed E-state index contributed by atoms with van der Waals surface area (Å²) in [5.74, 6) is 0.877. The predicted octanol–water partition coefficient (Wildman–Crippen LogP) is 3.28. The molecule has 1 aromatic carbocycles. The standard InChI is InChI=1S/C24H34N2O4S/c1-4-19(27)15-25(12-13-29-3)16-24(28)26-11-9-23-21(10-14-31-23)22(26)17-30-20-7-5-18(2)6-8-20/h5-8,10,14,19,22,27H,4,9,11-13,15-17H2,1-3H3/t19-,22-/m1/s1. The zero-order valence-corrected chi connectivity index (χ0v) is 19.6. The number of hydrogen-bond acceptors (Lipinski definition) is 6. The van der Waals surface area contributed by atoms with Crippen molar-refractivity contribution in [2.75, 3.05) is 46.5 Å². The van der Waals surface area contributed by atoms with Crippen molar-refractivity contribution in [2.24, 2.45) is 0 Å². The number of amides is 1. The first-order valence-corrected chi connectivity index (χ1v) is 11.8. The Morgan fingerprint density at radius 2 is 2.10 bits per heavy atom. The molecule has 7 heteroatoms. The molecule has 170 valence electrons. The number of nitrogens with zero attached hydrogens (tertiary/aromatic N) is 2. The van der Waals surface area contributed by atoms with Crippen LogP contribution in [0.25, 0.3) is 0 Å². The van der Waals surface area contributed by atoms with Crippen LogP contribution in [-0.2, 0) is 16.0 Å². The number of aliphatic hydroxyl groups excluding tert-OH is 1. The summed E-state index contributed by atoms with van der Waals surface area (Å²) in [6, 6.07) is 10.0. The normalized spacial score (nSPS) is 16.9. The zero-order valence-electron chi connectivity index (χ0n) is 18.8. The van der Waals surface area contributed by atoms with Gasteiger partial charge in [-0.2, -0.15) is 0 Å². The summed E-state index contributed by atoms with van der Waals surface area (Å²) in [4.78, 5) is 18.6. The molecule has 1 amide bonds. The maximum atomic E-state index is 13.3. The lowest BCUT2D eigenvalue weighted by molar-refractivity contribution is -0.136. The molecule has 0 saturated carbocycles. The number of fused-ring (bicyclic) bond motifs is 1. The molecule has 6 nitrogen and oxygen atoms in total. The fourth-order valence-corrected chi connectivity index (χ4v) is 4.78. The van der Waals surface area contributed by atoms with E-state index in [4.69, 9.17) is 9.47 Å². The quantitative estimate of drug-likeness (QED) is 0.574. The minimum Gasteiger partial charge on any atom is -0.491 e. The molecule has 1 aliphatic heterocycles. The molecule has 2 atom stereocenters. The van der Waals surface area contributed by atoms with Crippen LogP contribution in [0.5, 0.6) is 5.75 Å². The summed E-state index contributed by atoms with van der Waals surface area (Å²) in [5, 5.41) is 12.2. The molecule has 0 aliphatic carbocycles. The number of aliphatic hydroxyl groups is 1. The van der Waals surface area contributed by atoms with E-state index in [1.165, 1.54) is 16.0 Å². The summed E-state index contributed by atoms with van der Waals surface area (Å²) in [7, 11) is 1.65. The van der Waals surface area contributed by atoms with E-state index in [1.807, 2.05) is 47.9 Å². The number of carbonyl (C=O) groups is 1. The first kappa shape index (κ1) is 23.7. The maximum absolute atomic E-state index is 13.3. The van der Waals surface area contributed by atoms with Gasteiger partial charge in [0.25, 0.3) is 0 Å². The van der Waals surface area contributed by atoms with Crippen LogP contribution in [0.3, 0.4) is 0 Å². The molecular formula is C24H34N2O4S. The Kier molecular flexibility index (Phi) is 8.90. The van der Waals surface area contributed by atoms with Crippen LogP contribution >= 0.6 is 11.3 Å². The van der Waals surface area contributed by atoms with Gasteiger partial charge in [0.05, 0.1) is 25.3 Å². The number of hydrogen-bond donors (Lipinski definition) is 1. The second kappa shape index (κ2) is 11.6. The van der Waals surface area contributed by atoms with Gasteiger partial charge in [-0.1, -0.05) is 24.6 Å². The molecule has 0 fully saturated rings. The molecule has 0 spiro atoms. The molecule has 0 radical (unpaired) electrons. The van der Waals surface area contributed by atoms with Crippen LogP contribution in [0, 0.1) is 6.92 Å². The SMILES string of the molecule is CC[C@@H](O)CN(CCOC)CC(=O)N1CCc2sccc2[C@H]1COc1ccc(C)cc1. The lowest BCUT2D eigenvalue weighted by Gasteiger charge is -2.37. The van der Waals surface area contributed by atoms with Crippen molar-refractivity contribution in [3.05, 3.63) is 51.7 Å². The van der Waals surface area contributed by atoms with E-state index in [2.05, 4.69) is 11.4 Å². The number of carbonyl (C=O) groups excluding carboxylic acids is 1. The van der Waals surface area contributed by atoms with Gasteiger partial charge in [-0.05, 0) is 48.9 Å². The molecule has 1 N–H and O–H groups in total. The van der Waals surface area contributed by atoms with E-state index in [0.29, 0.717) is 39.3 Å². The van der Waals surface area contributed by atoms with Gasteiger partial charge in [0.15, 0.2) is 0 Å². The highest BCUT2D eigenvalue weighted by atomic mass is 32.1. The fraction of sp³-hybridized carbons (Fsp3) is 0.542. The molecule has 0 saturated heterocycles. The molecule has 1 aliphatic rings. The number of methoxy groups -OCH3 is 1. The Morgan fingerprint density at radius 1 is 1.32 bits per heavy atom. The van der Waals surface area contributed by atoms with E-state index in [0.717, 1.165) is 12.2 Å². The number of thiophene rings is 1. The van der Waals surface area contributed by atoms with Gasteiger partial charge < -0.3 is 19.5 Å². The summed E-state index contributed by atoms with van der Waals surface area (Å²) in [5.41, 5.74) is 2.38. The van der Waals surface area contributed by atoms with Crippen LogP contribution in [0.2, 0.25) is 0 Å². The van der Waals surface area contributed by atoms with E-state index in [1.54, 1.807) is 18.4 Å². The minimum atomic E-state index is -0.449. The summed E-state index contributed by atoms with van der Waals surface area (Å²) >= 11 is 1.75. The number of aryl methyl sites for hydroxylation is 1. The topological polar surface area (TPSA) is 62.2 Å². The van der Waals surface area contributed by atoms with E-state index in [9.17, 15) is 9.90 Å². The van der Waals surface area contributed by atoms with Crippen LogP contribution in [0.15, 0.2) is 35.7 Å². The van der Waals surface area contributed by atoms with E-state index >= 15 is 0 Å². The Morgan fingerprint density at radius 3 is 2.81 bits per heavy atom. The van der Waals surface area contributed by atoms with Crippen molar-refractivity contribution in [1.82, 2.24) is 9.80 Å². The van der Waals surface area contributed by atoms with Crippen LogP contribution < -0.4 is 4.74 Å². The van der Waals surface area contributed by atoms with Crippen molar-refractivity contribution in [3.63, 3.8) is 0 Å². The number of ether oxygens (including phenoxy) is 2. The Labute approximate surface area is 189 Å². The van der Waals surface area contributed by atoms with Crippen molar-refractivity contribution < 1.29 is 19.4 Å². The van der Waals surface area contributed by atoms with Gasteiger partial charge in [-0.3, -0.25) is 9.69 Å². The lowest BCUT2D eigenvalue weighted by Crippen LogP contribution is -2.48. The van der Waals surface area contributed by atoms with Crippen molar-refractivity contribution >= 4 is 17.2 Å². The van der Waals surface area contributed by atoms with E-state index < -0.39 is 6.10 Å². The van der Waals surface area contributed by atoms with Crippen LogP contribution in [0.1, 0.15) is 35.4 Å². The van der Waals surface area contributed by atoms with Crippen LogP contribution in [-0.4, -0.2) is 73.4 Å². The third-order valence-corrected chi connectivity index (χ3v) is 6.75. The van der Waals surface area contributed by atoms with Gasteiger partial charge in [-0.15, -0.1) is 11.3 Å². The highest BCUT2D eigenvalue weighted by Crippen LogP contribution is 2.34. The fourth-order valence-electron chi connectivity index (χ4n) is 3.85. The van der Waals surface area contributed by atoms with Gasteiger partial charge in [0, 0.05) is 31.6 Å². The number of rotatable bonds is 11. The molecule has 0 unspecified atom stereocenters. The highest BCUT2D eigenvalue weighted by Gasteiger charge is 2.33. The summed E-state index contributed by atoms with van der Waals surface area (Å²) < 4.78 is 11.3. The molecule has 0 bridgehead atoms. The van der Waals surface area contributed by atoms with Crippen molar-refractivity contribution in [3.8, 4) is 5.75 Å². The molecule has 1 aromatic heterocycles. The summed E-state index contributed by atoms with van der Waals surface area (Å²) in [6.45, 7) is 6.97. The van der Waals surface area contributed by atoms with Gasteiger partial charge in [0.1, 0.15) is 12.4 Å². The van der Waals surface area contributed by atoms with Gasteiger partial charge in [-0.25, -0.2) is 0 Å². The van der Waals surface area contributed by atoms with Crippen LogP contribution in [0.4, 0.5) is 0 Å². The zero-order chi connectivity index (χ0) is 22.2. The first-order chi connectivity index (χ1) is 15.0. The highest BCUT2D eigenvalue weighted by molar-refractivity contribution is 7.10. The molecule has 2 heterocycles. The number of benzene rings is 1. The second-order valence-electron chi connectivity index (χ2n) is 8.07. The lowest BCUT2D eigenvalue weighted by atomic mass is 10.0. The second-order valence-corrected chi connectivity index (χ2v) is 9.07. The Bertz CT molecular complexity index is 823. The molecule has 31 heavy (non-hydrogen) atoms. The summed E-state index contributed by atoms with van der Waals surface area (Å²) in [6.07, 6.45) is 1.08. The minimum absolute atomic E-state index is 0.0637. The third kappa shape index (κ3) is 6.53. The maximum Gasteiger partial charge on any atom is 0.237 e. The predicted molar refractivity (Wildman–Crippen MR) is 124 cm³/mol. The average molecular weight is 447 g/mol. The molecule has 3 rings (SSSR count). The largest absolute Gasteiger partial charge is 0.491 e. The van der Waals surface area contributed by atoms with Crippen molar-refractivity contribution in [2.45, 2.75) is 38.8 Å². The molecular weight excluding hydrogens is 412 g/mol. The van der Waals surface area contributed by atoms with Gasteiger partial charge in [0.2, 0.25) is 5.91 Å². The van der Waals surface area contributed by atoms with Gasteiger partial charge >= 0.3 is 0 Å². The Balaban J connectivity index is 1.71. The first-order valence-electron chi connectivity index (χ1n) is 11.0. The smallest absolute Gasteiger partial charge is 0.237 e. The third-order valence-electron chi connectivity index (χ3n) is 5.75. The van der Waals surface area contributed by atoms with Crippen molar-refractivity contribution in [1.29, 1.82) is 0 Å². The van der Waals surface area contributed by atoms with E-state index in [-0.39, 0.29) is 18.5 Å².